The number of nitrogens with zero attached hydrogens (tertiary/aromatic N) is 2. The smallest absolute Gasteiger partial charge is 0.310 e. The fraction of sp³-hybridized carbons (Fsp3) is 0.421. The van der Waals surface area contributed by atoms with Crippen molar-refractivity contribution in [2.24, 2.45) is 5.92 Å². The molecule has 0 unspecified atom stereocenters. The van der Waals surface area contributed by atoms with E-state index in [1.807, 2.05) is 36.7 Å². The van der Waals surface area contributed by atoms with Gasteiger partial charge in [-0.25, -0.2) is 0 Å². The summed E-state index contributed by atoms with van der Waals surface area (Å²) in [5.41, 5.74) is 3.34. The lowest BCUT2D eigenvalue weighted by molar-refractivity contribution is -0.146. The summed E-state index contributed by atoms with van der Waals surface area (Å²) in [5.74, 6) is -0.320. The predicted molar refractivity (Wildman–Crippen MR) is 109 cm³/mol. The lowest BCUT2D eigenvalue weighted by Gasteiger charge is -2.09. The second-order valence-corrected chi connectivity index (χ2v) is 7.87. The molecule has 1 N–H and O–H groups in total. The Morgan fingerprint density at radius 2 is 2.04 bits per heavy atom. The Bertz CT molecular complexity index is 799. The topological polar surface area (TPSA) is 73.2 Å². The summed E-state index contributed by atoms with van der Waals surface area (Å²) in [4.78, 5) is 24.1. The molecule has 0 aliphatic rings. The number of rotatable bonds is 7. The summed E-state index contributed by atoms with van der Waals surface area (Å²) in [5, 5.41) is 7.20. The first kappa shape index (κ1) is 20.4. The average Bonchev–Trinajstić information content (AvgIpc) is 2.80. The molecule has 1 heterocycles. The van der Waals surface area contributed by atoms with E-state index in [1.54, 1.807) is 6.07 Å². The number of carbonyl (C=O) groups excluding carboxylic acids is 2. The largest absolute Gasteiger partial charge is 0.455 e. The number of benzene rings is 1. The highest BCUT2D eigenvalue weighted by Crippen LogP contribution is 2.16. The Kier molecular flexibility index (Phi) is 7.19. The van der Waals surface area contributed by atoms with E-state index in [-0.39, 0.29) is 18.9 Å². The summed E-state index contributed by atoms with van der Waals surface area (Å²) in [6.07, 6.45) is 0.117. The third-order valence-electron chi connectivity index (χ3n) is 3.86. The molecule has 2 aromatic rings. The van der Waals surface area contributed by atoms with Crippen LogP contribution in [-0.4, -0.2) is 28.3 Å². The lowest BCUT2D eigenvalue weighted by Crippen LogP contribution is -2.22. The molecule has 0 radical (unpaired) electrons. The molecule has 0 aliphatic heterocycles. The molecule has 0 spiro atoms. The number of carbonyl (C=O) groups is 2. The van der Waals surface area contributed by atoms with Gasteiger partial charge in [-0.1, -0.05) is 19.9 Å². The van der Waals surface area contributed by atoms with Gasteiger partial charge in [0, 0.05) is 27.1 Å². The molecule has 0 atom stereocenters. The molecule has 2 rings (SSSR count). The monoisotopic (exact) mass is 469 g/mol. The van der Waals surface area contributed by atoms with Gasteiger partial charge in [0.15, 0.2) is 6.61 Å². The molecule has 1 aromatic carbocycles. The minimum atomic E-state index is -0.432. The number of ether oxygens (including phenoxy) is 1. The van der Waals surface area contributed by atoms with Crippen LogP contribution in [0, 0.1) is 23.3 Å². The highest BCUT2D eigenvalue weighted by atomic mass is 127. The SMILES string of the molecule is Cc1nn(CC(C)C)c(C)c1CC(=O)OCC(=O)Nc1cccc(I)c1. The van der Waals surface area contributed by atoms with E-state index in [0.717, 1.165) is 27.1 Å². The van der Waals surface area contributed by atoms with Gasteiger partial charge in [-0.2, -0.15) is 5.10 Å². The van der Waals surface area contributed by atoms with Gasteiger partial charge in [0.2, 0.25) is 0 Å². The zero-order valence-electron chi connectivity index (χ0n) is 15.5. The maximum absolute atomic E-state index is 12.1. The van der Waals surface area contributed by atoms with Gasteiger partial charge in [-0.15, -0.1) is 0 Å². The molecule has 0 saturated carbocycles. The summed E-state index contributed by atoms with van der Waals surface area (Å²) >= 11 is 2.17. The number of anilines is 1. The highest BCUT2D eigenvalue weighted by Gasteiger charge is 2.17. The van der Waals surface area contributed by atoms with Gasteiger partial charge in [-0.3, -0.25) is 14.3 Å². The van der Waals surface area contributed by atoms with E-state index < -0.39 is 5.97 Å². The summed E-state index contributed by atoms with van der Waals surface area (Å²) < 4.78 is 8.06. The van der Waals surface area contributed by atoms with E-state index in [0.29, 0.717) is 11.6 Å². The summed E-state index contributed by atoms with van der Waals surface area (Å²) in [7, 11) is 0. The zero-order chi connectivity index (χ0) is 19.3. The first-order valence-electron chi connectivity index (χ1n) is 8.50. The molecular weight excluding hydrogens is 445 g/mol. The van der Waals surface area contributed by atoms with Crippen LogP contribution in [0.15, 0.2) is 24.3 Å². The molecule has 1 aromatic heterocycles. The number of esters is 1. The quantitative estimate of drug-likeness (QED) is 0.498. The third-order valence-corrected chi connectivity index (χ3v) is 4.53. The number of aromatic nitrogens is 2. The van der Waals surface area contributed by atoms with Gasteiger partial charge in [0.1, 0.15) is 0 Å². The summed E-state index contributed by atoms with van der Waals surface area (Å²) in [6.45, 7) is 8.58. The van der Waals surface area contributed by atoms with Crippen molar-refractivity contribution in [3.63, 3.8) is 0 Å². The minimum Gasteiger partial charge on any atom is -0.455 e. The van der Waals surface area contributed by atoms with Crippen LogP contribution in [0.4, 0.5) is 5.69 Å². The Labute approximate surface area is 167 Å². The molecular formula is C19H24IN3O3. The summed E-state index contributed by atoms with van der Waals surface area (Å²) in [6, 6.07) is 7.41. The Hall–Kier alpha value is -1.90. The maximum atomic E-state index is 12.1. The normalized spacial score (nSPS) is 10.8. The van der Waals surface area contributed by atoms with E-state index in [4.69, 9.17) is 4.74 Å². The van der Waals surface area contributed by atoms with Crippen LogP contribution in [-0.2, 0) is 27.3 Å². The van der Waals surface area contributed by atoms with Crippen molar-refractivity contribution >= 4 is 40.2 Å². The van der Waals surface area contributed by atoms with Gasteiger partial charge < -0.3 is 10.1 Å². The molecule has 6 nitrogen and oxygen atoms in total. The number of halogens is 1. The highest BCUT2D eigenvalue weighted by molar-refractivity contribution is 14.1. The van der Waals surface area contributed by atoms with Crippen molar-refractivity contribution in [1.29, 1.82) is 0 Å². The zero-order valence-corrected chi connectivity index (χ0v) is 17.7. The van der Waals surface area contributed by atoms with Crippen molar-refractivity contribution in [2.45, 2.75) is 40.7 Å². The van der Waals surface area contributed by atoms with E-state index >= 15 is 0 Å². The lowest BCUT2D eigenvalue weighted by atomic mass is 10.1. The van der Waals surface area contributed by atoms with E-state index in [9.17, 15) is 9.59 Å². The predicted octanol–water partition coefficient (Wildman–Crippen LogP) is 3.48. The molecule has 0 aliphatic carbocycles. The van der Waals surface area contributed by atoms with Gasteiger partial charge in [0.05, 0.1) is 12.1 Å². The number of hydrogen-bond donors (Lipinski definition) is 1. The first-order valence-corrected chi connectivity index (χ1v) is 9.58. The van der Waals surface area contributed by atoms with Crippen LogP contribution in [0.1, 0.15) is 30.8 Å². The average molecular weight is 469 g/mol. The Morgan fingerprint density at radius 3 is 2.69 bits per heavy atom. The van der Waals surface area contributed by atoms with Gasteiger partial charge in [0.25, 0.3) is 5.91 Å². The van der Waals surface area contributed by atoms with E-state index in [1.165, 1.54) is 0 Å². The van der Waals surface area contributed by atoms with Crippen LogP contribution < -0.4 is 5.32 Å². The van der Waals surface area contributed by atoms with Gasteiger partial charge >= 0.3 is 5.97 Å². The number of aryl methyl sites for hydroxylation is 1. The number of amides is 1. The standard InChI is InChI=1S/C19H24IN3O3/c1-12(2)10-23-14(4)17(13(3)22-23)9-19(25)26-11-18(24)21-16-7-5-6-15(20)8-16/h5-8,12H,9-11H2,1-4H3,(H,21,24). The van der Waals surface area contributed by atoms with Crippen molar-refractivity contribution in [2.75, 3.05) is 11.9 Å². The van der Waals surface area contributed by atoms with Crippen LogP contribution in [0.3, 0.4) is 0 Å². The molecule has 0 saturated heterocycles. The minimum absolute atomic E-state index is 0.117. The van der Waals surface area contributed by atoms with Crippen molar-refractivity contribution in [1.82, 2.24) is 9.78 Å². The Balaban J connectivity index is 1.89. The molecule has 0 bridgehead atoms. The van der Waals surface area contributed by atoms with Gasteiger partial charge in [-0.05, 0) is 60.6 Å². The van der Waals surface area contributed by atoms with Crippen LogP contribution in [0.2, 0.25) is 0 Å². The van der Waals surface area contributed by atoms with Crippen LogP contribution in [0.25, 0.3) is 0 Å². The second-order valence-electron chi connectivity index (χ2n) is 6.62. The number of hydrogen-bond acceptors (Lipinski definition) is 4. The molecule has 140 valence electrons. The fourth-order valence-corrected chi connectivity index (χ4v) is 3.16. The third kappa shape index (κ3) is 5.82. The molecule has 0 fully saturated rings. The van der Waals surface area contributed by atoms with E-state index in [2.05, 4.69) is 46.9 Å². The molecule has 1 amide bonds. The number of nitrogens with one attached hydrogen (secondary N) is 1. The van der Waals surface area contributed by atoms with Crippen molar-refractivity contribution in [3.05, 3.63) is 44.8 Å². The maximum Gasteiger partial charge on any atom is 0.310 e. The van der Waals surface area contributed by atoms with Crippen molar-refractivity contribution in [3.8, 4) is 0 Å². The van der Waals surface area contributed by atoms with Crippen LogP contribution >= 0.6 is 22.6 Å². The Morgan fingerprint density at radius 1 is 1.31 bits per heavy atom. The second kappa shape index (κ2) is 9.16. The van der Waals surface area contributed by atoms with Crippen LogP contribution in [0.5, 0.6) is 0 Å². The first-order chi connectivity index (χ1) is 12.3. The molecule has 26 heavy (non-hydrogen) atoms. The fourth-order valence-electron chi connectivity index (χ4n) is 2.62. The van der Waals surface area contributed by atoms with Crippen molar-refractivity contribution < 1.29 is 14.3 Å². The molecule has 7 heteroatoms.